The first-order chi connectivity index (χ1) is 10.3. The standard InChI is InChI=1S/C15H18Cl2N4O/c1-9-5-13(12(17)6-11(9)16)18-7-14-10(8-20(2)3)15(22)21(4)19-14/h5-6,8,18H,7H2,1-4H3/b10-8-. The predicted octanol–water partition coefficient (Wildman–Crippen LogP) is 2.99. The van der Waals surface area contributed by atoms with Gasteiger partial charge in [0.15, 0.2) is 0 Å². The number of amides is 1. The van der Waals surface area contributed by atoms with Gasteiger partial charge in [-0.25, -0.2) is 5.01 Å². The van der Waals surface area contributed by atoms with Crippen LogP contribution in [0.1, 0.15) is 5.56 Å². The highest BCUT2D eigenvalue weighted by molar-refractivity contribution is 6.37. The van der Waals surface area contributed by atoms with E-state index in [0.29, 0.717) is 27.9 Å². The molecule has 1 amide bonds. The monoisotopic (exact) mass is 340 g/mol. The van der Waals surface area contributed by atoms with E-state index in [9.17, 15) is 4.79 Å². The van der Waals surface area contributed by atoms with E-state index in [1.54, 1.807) is 19.3 Å². The third-order valence-electron chi connectivity index (χ3n) is 3.19. The first-order valence-corrected chi connectivity index (χ1v) is 7.49. The Bertz CT molecular complexity index is 668. The Hall–Kier alpha value is -1.72. The van der Waals surface area contributed by atoms with E-state index < -0.39 is 0 Å². The van der Waals surface area contributed by atoms with Crippen molar-refractivity contribution in [3.8, 4) is 0 Å². The van der Waals surface area contributed by atoms with Crippen LogP contribution < -0.4 is 5.32 Å². The van der Waals surface area contributed by atoms with Gasteiger partial charge in [0.1, 0.15) is 0 Å². The molecule has 0 fully saturated rings. The SMILES string of the molecule is Cc1cc(NCC2=NN(C)C(=O)/C2=C\N(C)C)c(Cl)cc1Cl. The molecule has 0 atom stereocenters. The summed E-state index contributed by atoms with van der Waals surface area (Å²) in [6, 6.07) is 3.58. The van der Waals surface area contributed by atoms with E-state index in [0.717, 1.165) is 11.3 Å². The third-order valence-corrected chi connectivity index (χ3v) is 3.91. The van der Waals surface area contributed by atoms with Crippen LogP contribution in [0.3, 0.4) is 0 Å². The smallest absolute Gasteiger partial charge is 0.277 e. The number of likely N-dealkylation sites (N-methyl/N-ethyl adjacent to an activating group) is 1. The Balaban J connectivity index is 2.19. The quantitative estimate of drug-likeness (QED) is 0.857. The van der Waals surface area contributed by atoms with E-state index in [1.165, 1.54) is 5.01 Å². The number of nitrogens with zero attached hydrogens (tertiary/aromatic N) is 3. The highest BCUT2D eigenvalue weighted by Crippen LogP contribution is 2.29. The average Bonchev–Trinajstić information content (AvgIpc) is 2.69. The second kappa shape index (κ2) is 6.58. The summed E-state index contributed by atoms with van der Waals surface area (Å²) in [6.07, 6.45) is 1.76. The van der Waals surface area contributed by atoms with Crippen molar-refractivity contribution in [1.82, 2.24) is 9.91 Å². The van der Waals surface area contributed by atoms with Crippen LogP contribution in [0.25, 0.3) is 0 Å². The van der Waals surface area contributed by atoms with Crippen molar-refractivity contribution in [2.45, 2.75) is 6.92 Å². The topological polar surface area (TPSA) is 47.9 Å². The molecule has 1 aliphatic rings. The van der Waals surface area contributed by atoms with Crippen molar-refractivity contribution < 1.29 is 4.79 Å². The number of halogens is 2. The van der Waals surface area contributed by atoms with Crippen molar-refractivity contribution >= 4 is 40.5 Å². The fourth-order valence-electron chi connectivity index (χ4n) is 2.07. The van der Waals surface area contributed by atoms with Crippen molar-refractivity contribution in [2.75, 3.05) is 33.0 Å². The lowest BCUT2D eigenvalue weighted by Crippen LogP contribution is -2.21. The molecule has 5 nitrogen and oxygen atoms in total. The molecule has 0 bridgehead atoms. The highest BCUT2D eigenvalue weighted by Gasteiger charge is 2.27. The number of hydrogen-bond acceptors (Lipinski definition) is 4. The normalized spacial score (nSPS) is 16.3. The number of anilines is 1. The van der Waals surface area contributed by atoms with Crippen molar-refractivity contribution in [3.05, 3.63) is 39.5 Å². The highest BCUT2D eigenvalue weighted by atomic mass is 35.5. The van der Waals surface area contributed by atoms with Gasteiger partial charge in [0.05, 0.1) is 28.5 Å². The fourth-order valence-corrected chi connectivity index (χ4v) is 2.52. The number of carbonyl (C=O) groups excluding carboxylic acids is 1. The Kier molecular flexibility index (Phi) is 4.98. The summed E-state index contributed by atoms with van der Waals surface area (Å²) in [6.45, 7) is 2.31. The molecule has 1 aliphatic heterocycles. The first-order valence-electron chi connectivity index (χ1n) is 6.73. The molecule has 0 saturated carbocycles. The minimum atomic E-state index is -0.121. The van der Waals surface area contributed by atoms with Gasteiger partial charge in [0.2, 0.25) is 0 Å². The number of rotatable bonds is 4. The van der Waals surface area contributed by atoms with Gasteiger partial charge in [-0.3, -0.25) is 4.79 Å². The van der Waals surface area contributed by atoms with E-state index in [-0.39, 0.29) is 5.91 Å². The molecule has 1 heterocycles. The first kappa shape index (κ1) is 16.6. The number of nitrogens with one attached hydrogen (secondary N) is 1. The Morgan fingerprint density at radius 3 is 2.64 bits per heavy atom. The van der Waals surface area contributed by atoms with Crippen LogP contribution >= 0.6 is 23.2 Å². The van der Waals surface area contributed by atoms with Gasteiger partial charge >= 0.3 is 0 Å². The van der Waals surface area contributed by atoms with Crippen LogP contribution in [0.15, 0.2) is 29.0 Å². The molecule has 0 saturated heterocycles. The summed E-state index contributed by atoms with van der Waals surface area (Å²) in [5.74, 6) is -0.121. The number of carbonyl (C=O) groups is 1. The molecule has 1 N–H and O–H groups in total. The average molecular weight is 341 g/mol. The molecule has 118 valence electrons. The lowest BCUT2D eigenvalue weighted by molar-refractivity contribution is -0.124. The van der Waals surface area contributed by atoms with Gasteiger partial charge in [0.25, 0.3) is 5.91 Å². The Morgan fingerprint density at radius 1 is 1.32 bits per heavy atom. The molecule has 0 aromatic heterocycles. The van der Waals surface area contributed by atoms with E-state index in [2.05, 4.69) is 10.4 Å². The second-order valence-corrected chi connectivity index (χ2v) is 6.13. The third kappa shape index (κ3) is 3.54. The summed E-state index contributed by atoms with van der Waals surface area (Å²) < 4.78 is 0. The van der Waals surface area contributed by atoms with Crippen molar-refractivity contribution in [1.29, 1.82) is 0 Å². The zero-order chi connectivity index (χ0) is 16.4. The maximum atomic E-state index is 12.1. The molecule has 0 radical (unpaired) electrons. The fraction of sp³-hybridized carbons (Fsp3) is 0.333. The van der Waals surface area contributed by atoms with Gasteiger partial charge < -0.3 is 10.2 Å². The van der Waals surface area contributed by atoms with E-state index in [4.69, 9.17) is 23.2 Å². The Morgan fingerprint density at radius 2 is 2.00 bits per heavy atom. The molecular weight excluding hydrogens is 323 g/mol. The minimum absolute atomic E-state index is 0.121. The van der Waals surface area contributed by atoms with Crippen LogP contribution in [-0.4, -0.2) is 49.2 Å². The molecule has 1 aromatic rings. The zero-order valence-corrected chi connectivity index (χ0v) is 14.5. The molecule has 1 aromatic carbocycles. The summed E-state index contributed by atoms with van der Waals surface area (Å²) in [5.41, 5.74) is 2.93. The number of hydrazone groups is 1. The van der Waals surface area contributed by atoms with Gasteiger partial charge in [-0.2, -0.15) is 5.10 Å². The predicted molar refractivity (Wildman–Crippen MR) is 91.7 cm³/mol. The van der Waals surface area contributed by atoms with Gasteiger partial charge in [0, 0.05) is 32.4 Å². The summed E-state index contributed by atoms with van der Waals surface area (Å²) in [4.78, 5) is 13.9. The molecule has 0 spiro atoms. The van der Waals surface area contributed by atoms with Gasteiger partial charge in [-0.05, 0) is 24.6 Å². The van der Waals surface area contributed by atoms with E-state index >= 15 is 0 Å². The van der Waals surface area contributed by atoms with E-state index in [1.807, 2.05) is 32.0 Å². The van der Waals surface area contributed by atoms with Gasteiger partial charge in [-0.1, -0.05) is 23.2 Å². The maximum Gasteiger partial charge on any atom is 0.277 e. The summed E-state index contributed by atoms with van der Waals surface area (Å²) in [5, 5.41) is 9.96. The Labute approximate surface area is 140 Å². The van der Waals surface area contributed by atoms with Gasteiger partial charge in [-0.15, -0.1) is 0 Å². The molecule has 2 rings (SSSR count). The van der Waals surface area contributed by atoms with Crippen molar-refractivity contribution in [3.63, 3.8) is 0 Å². The molecule has 0 aliphatic carbocycles. The lowest BCUT2D eigenvalue weighted by atomic mass is 10.1. The van der Waals surface area contributed by atoms with Crippen LogP contribution in [0.2, 0.25) is 10.0 Å². The van der Waals surface area contributed by atoms with Crippen LogP contribution in [0.5, 0.6) is 0 Å². The maximum absolute atomic E-state index is 12.1. The minimum Gasteiger partial charge on any atom is -0.383 e. The molecule has 22 heavy (non-hydrogen) atoms. The number of benzene rings is 1. The van der Waals surface area contributed by atoms with Crippen LogP contribution in [0.4, 0.5) is 5.69 Å². The molecule has 0 unspecified atom stereocenters. The number of hydrogen-bond donors (Lipinski definition) is 1. The largest absolute Gasteiger partial charge is 0.383 e. The second-order valence-electron chi connectivity index (χ2n) is 5.32. The van der Waals surface area contributed by atoms with Crippen molar-refractivity contribution in [2.24, 2.45) is 5.10 Å². The number of aryl methyl sites for hydroxylation is 1. The molecule has 7 heteroatoms. The summed E-state index contributed by atoms with van der Waals surface area (Å²) >= 11 is 12.2. The lowest BCUT2D eigenvalue weighted by Gasteiger charge is -2.11. The molecular formula is C15H18Cl2N4O. The van der Waals surface area contributed by atoms with Crippen LogP contribution in [-0.2, 0) is 4.79 Å². The summed E-state index contributed by atoms with van der Waals surface area (Å²) in [7, 11) is 5.37. The zero-order valence-electron chi connectivity index (χ0n) is 12.9. The van der Waals surface area contributed by atoms with Crippen LogP contribution in [0, 0.1) is 6.92 Å².